The summed E-state index contributed by atoms with van der Waals surface area (Å²) in [4.78, 5) is 21.9. The van der Waals surface area contributed by atoms with Crippen LogP contribution in [0, 0.1) is 17.6 Å². The van der Waals surface area contributed by atoms with Crippen molar-refractivity contribution in [3.63, 3.8) is 0 Å². The maximum absolute atomic E-state index is 14.4. The zero-order chi connectivity index (χ0) is 26.7. The van der Waals surface area contributed by atoms with Crippen molar-refractivity contribution < 1.29 is 31.8 Å². The highest BCUT2D eigenvalue weighted by Crippen LogP contribution is 2.42. The number of methoxy groups -OCH3 is 1. The van der Waals surface area contributed by atoms with Gasteiger partial charge in [0, 0.05) is 29.4 Å². The number of carbonyl (C=O) groups is 1. The lowest BCUT2D eigenvalue weighted by Gasteiger charge is -2.35. The number of hydrogen-bond donors (Lipinski definition) is 3. The number of carbonyl (C=O) groups excluding carboxylic acids is 1. The van der Waals surface area contributed by atoms with Gasteiger partial charge in [-0.05, 0) is 37.7 Å². The monoisotopic (exact) mass is 574 g/mol. The number of nitrogens with zero attached hydrogens (tertiary/aromatic N) is 2. The molecule has 200 valence electrons. The number of aliphatic imine (C=N–C) groups is 1. The molecule has 3 N–H and O–H groups in total. The van der Waals surface area contributed by atoms with E-state index in [0.717, 1.165) is 6.07 Å². The Balaban J connectivity index is 1.76. The molecule has 1 saturated carbocycles. The number of aliphatic hydroxyl groups excluding tert-OH is 1. The zero-order valence-electron chi connectivity index (χ0n) is 19.7. The number of aliphatic hydroxyl groups is 1. The summed E-state index contributed by atoms with van der Waals surface area (Å²) in [5.74, 6) is -3.08. The molecule has 1 aliphatic heterocycles. The average molecular weight is 575 g/mol. The second-order valence-corrected chi connectivity index (χ2v) is 11.9. The molecule has 37 heavy (non-hydrogen) atoms. The van der Waals surface area contributed by atoms with Gasteiger partial charge in [-0.1, -0.05) is 17.7 Å². The first kappa shape index (κ1) is 27.6. The Morgan fingerprint density at radius 1 is 1.30 bits per heavy atom. The molecule has 1 fully saturated rings. The molecule has 14 heteroatoms. The SMILES string of the molecule is COC(=O)C1=C([C@H]2CC[C@H](S(=O)(=O)NCCO)CC2)NC(c2nccs2)=NC1c1ccc(F)c(F)c1Cl. The first-order valence-corrected chi connectivity index (χ1v) is 14.3. The van der Waals surface area contributed by atoms with Gasteiger partial charge in [0.1, 0.15) is 6.04 Å². The van der Waals surface area contributed by atoms with Crippen molar-refractivity contribution >= 4 is 44.8 Å². The number of amidine groups is 1. The standard InChI is InChI=1S/C23H25ClF2N4O5S2/c1-35-23(32)16-19(12-2-4-13(5-3-12)37(33,34)28-8-10-31)29-21(22-27-9-11-36-22)30-20(16)14-6-7-15(25)18(26)17(14)24/h6-7,9,11-13,20,28,31H,2-5,8,10H2,1H3,(H,29,30)/t12-,13-,20?. The maximum atomic E-state index is 14.4. The number of sulfonamides is 1. The van der Waals surface area contributed by atoms with Crippen LogP contribution in [0.2, 0.25) is 5.02 Å². The Hall–Kier alpha value is -2.45. The maximum Gasteiger partial charge on any atom is 0.338 e. The van der Waals surface area contributed by atoms with Crippen LogP contribution in [-0.2, 0) is 19.6 Å². The van der Waals surface area contributed by atoms with E-state index in [4.69, 9.17) is 21.4 Å². The quantitative estimate of drug-likeness (QED) is 0.326. The van der Waals surface area contributed by atoms with Gasteiger partial charge in [0.2, 0.25) is 10.0 Å². The number of hydrogen-bond acceptors (Lipinski definition) is 9. The number of rotatable bonds is 8. The third-order valence-electron chi connectivity index (χ3n) is 6.41. The lowest BCUT2D eigenvalue weighted by Crippen LogP contribution is -2.41. The molecule has 2 aliphatic rings. The molecule has 9 nitrogen and oxygen atoms in total. The van der Waals surface area contributed by atoms with E-state index in [1.54, 1.807) is 11.6 Å². The molecular formula is C23H25ClF2N4O5S2. The molecule has 0 radical (unpaired) electrons. The molecule has 1 atom stereocenters. The van der Waals surface area contributed by atoms with Gasteiger partial charge >= 0.3 is 5.97 Å². The third-order valence-corrected chi connectivity index (χ3v) is 9.53. The predicted molar refractivity (Wildman–Crippen MR) is 135 cm³/mol. The molecule has 1 aromatic carbocycles. The molecule has 1 aliphatic carbocycles. The fourth-order valence-corrected chi connectivity index (χ4v) is 6.96. The minimum absolute atomic E-state index is 0.0637. The van der Waals surface area contributed by atoms with Crippen LogP contribution in [0.15, 0.2) is 40.0 Å². The molecule has 1 aromatic heterocycles. The minimum Gasteiger partial charge on any atom is -0.466 e. The second-order valence-electron chi connectivity index (χ2n) is 8.56. The molecule has 0 amide bonds. The van der Waals surface area contributed by atoms with Crippen LogP contribution in [0.1, 0.15) is 42.3 Å². The highest BCUT2D eigenvalue weighted by molar-refractivity contribution is 7.90. The summed E-state index contributed by atoms with van der Waals surface area (Å²) < 4.78 is 60.8. The summed E-state index contributed by atoms with van der Waals surface area (Å²) in [6, 6.07) is 1.08. The summed E-state index contributed by atoms with van der Waals surface area (Å²) in [6.07, 6.45) is 3.03. The number of thiazole rings is 1. The van der Waals surface area contributed by atoms with E-state index in [-0.39, 0.29) is 30.2 Å². The van der Waals surface area contributed by atoms with E-state index in [2.05, 4.69) is 20.0 Å². The lowest BCUT2D eigenvalue weighted by atomic mass is 9.82. The number of nitrogens with one attached hydrogen (secondary N) is 2. The summed E-state index contributed by atoms with van der Waals surface area (Å²) in [7, 11) is -2.41. The number of esters is 1. The fourth-order valence-electron chi connectivity index (χ4n) is 4.62. The smallest absolute Gasteiger partial charge is 0.338 e. The van der Waals surface area contributed by atoms with Crippen LogP contribution in [-0.4, -0.2) is 55.8 Å². The van der Waals surface area contributed by atoms with Crippen LogP contribution in [0.3, 0.4) is 0 Å². The van der Waals surface area contributed by atoms with E-state index < -0.39 is 43.9 Å². The van der Waals surface area contributed by atoms with Gasteiger partial charge in [0.15, 0.2) is 22.5 Å². The number of halogens is 3. The van der Waals surface area contributed by atoms with Crippen molar-refractivity contribution in [3.05, 3.63) is 62.2 Å². The van der Waals surface area contributed by atoms with Crippen LogP contribution in [0.5, 0.6) is 0 Å². The lowest BCUT2D eigenvalue weighted by molar-refractivity contribution is -0.136. The topological polar surface area (TPSA) is 130 Å². The summed E-state index contributed by atoms with van der Waals surface area (Å²) >= 11 is 7.47. The molecule has 0 bridgehead atoms. The van der Waals surface area contributed by atoms with E-state index >= 15 is 0 Å². The predicted octanol–water partition coefficient (Wildman–Crippen LogP) is 3.06. The highest BCUT2D eigenvalue weighted by Gasteiger charge is 2.39. The second kappa shape index (κ2) is 11.5. The van der Waals surface area contributed by atoms with E-state index in [1.807, 2.05) is 0 Å². The van der Waals surface area contributed by atoms with Crippen molar-refractivity contribution in [2.75, 3.05) is 20.3 Å². The molecule has 2 aromatic rings. The van der Waals surface area contributed by atoms with Gasteiger partial charge in [-0.25, -0.2) is 31.7 Å². The number of aromatic nitrogens is 1. The summed E-state index contributed by atoms with van der Waals surface area (Å²) in [5, 5.41) is 13.3. The highest BCUT2D eigenvalue weighted by atomic mass is 35.5. The van der Waals surface area contributed by atoms with Gasteiger partial charge in [-0.3, -0.25) is 4.99 Å². The van der Waals surface area contributed by atoms with Gasteiger partial charge in [-0.2, -0.15) is 0 Å². The largest absolute Gasteiger partial charge is 0.466 e. The number of ether oxygens (including phenoxy) is 1. The molecule has 2 heterocycles. The van der Waals surface area contributed by atoms with Crippen molar-refractivity contribution in [1.29, 1.82) is 0 Å². The van der Waals surface area contributed by atoms with Crippen LogP contribution >= 0.6 is 22.9 Å². The molecule has 0 spiro atoms. The fraction of sp³-hybridized carbons (Fsp3) is 0.435. The van der Waals surface area contributed by atoms with Crippen molar-refractivity contribution in [3.8, 4) is 0 Å². The van der Waals surface area contributed by atoms with Crippen molar-refractivity contribution in [2.45, 2.75) is 37.0 Å². The minimum atomic E-state index is -3.61. The Morgan fingerprint density at radius 3 is 2.65 bits per heavy atom. The zero-order valence-corrected chi connectivity index (χ0v) is 22.1. The van der Waals surface area contributed by atoms with Gasteiger partial charge in [0.05, 0.1) is 29.6 Å². The van der Waals surface area contributed by atoms with Crippen molar-refractivity contribution in [2.24, 2.45) is 10.9 Å². The summed E-state index contributed by atoms with van der Waals surface area (Å²) in [5.41, 5.74) is 0.621. The van der Waals surface area contributed by atoms with Gasteiger partial charge in [0.25, 0.3) is 0 Å². The Labute approximate surface area is 221 Å². The Bertz CT molecular complexity index is 1330. The summed E-state index contributed by atoms with van der Waals surface area (Å²) in [6.45, 7) is -0.369. The van der Waals surface area contributed by atoms with Gasteiger partial charge < -0.3 is 15.2 Å². The molecule has 1 unspecified atom stereocenters. The number of benzene rings is 1. The number of allylic oxidation sites excluding steroid dienone is 1. The Kier molecular flexibility index (Phi) is 8.59. The third kappa shape index (κ3) is 5.70. The molecular weight excluding hydrogens is 550 g/mol. The van der Waals surface area contributed by atoms with E-state index in [9.17, 15) is 22.0 Å². The molecule has 0 saturated heterocycles. The first-order chi connectivity index (χ1) is 17.7. The van der Waals surface area contributed by atoms with Crippen molar-refractivity contribution in [1.82, 2.24) is 15.0 Å². The molecule has 4 rings (SSSR count). The van der Waals surface area contributed by atoms with E-state index in [0.29, 0.717) is 42.2 Å². The average Bonchev–Trinajstić information content (AvgIpc) is 3.45. The normalized spacial score (nSPS) is 22.4. The van der Waals surface area contributed by atoms with Crippen LogP contribution < -0.4 is 10.0 Å². The van der Waals surface area contributed by atoms with Crippen LogP contribution in [0.4, 0.5) is 8.78 Å². The van der Waals surface area contributed by atoms with E-state index in [1.165, 1.54) is 24.5 Å². The first-order valence-electron chi connectivity index (χ1n) is 11.5. The Morgan fingerprint density at radius 2 is 2.03 bits per heavy atom. The van der Waals surface area contributed by atoms with Gasteiger partial charge in [-0.15, -0.1) is 11.3 Å². The van der Waals surface area contributed by atoms with Crippen LogP contribution in [0.25, 0.3) is 0 Å².